The zero-order chi connectivity index (χ0) is 46.3. The van der Waals surface area contributed by atoms with Gasteiger partial charge < -0.3 is 14.2 Å². The maximum atomic E-state index is 12.8. The monoisotopic (exact) mass is 889 g/mol. The van der Waals surface area contributed by atoms with Crippen molar-refractivity contribution in [3.8, 4) is 0 Å². The van der Waals surface area contributed by atoms with Gasteiger partial charge in [0.15, 0.2) is 6.10 Å². The van der Waals surface area contributed by atoms with E-state index in [1.54, 1.807) is 0 Å². The zero-order valence-electron chi connectivity index (χ0n) is 42.0. The van der Waals surface area contributed by atoms with E-state index >= 15 is 0 Å². The Morgan fingerprint density at radius 2 is 0.734 bits per heavy atom. The number of ether oxygens (including phenoxy) is 3. The van der Waals surface area contributed by atoms with Crippen molar-refractivity contribution in [3.05, 3.63) is 97.2 Å². The largest absolute Gasteiger partial charge is 0.462 e. The average molecular weight is 889 g/mol. The Morgan fingerprint density at radius 3 is 1.19 bits per heavy atom. The van der Waals surface area contributed by atoms with Gasteiger partial charge >= 0.3 is 11.9 Å². The van der Waals surface area contributed by atoms with E-state index in [1.165, 1.54) is 103 Å². The van der Waals surface area contributed by atoms with Crippen LogP contribution in [0.1, 0.15) is 239 Å². The number of esters is 2. The smallest absolute Gasteiger partial charge is 0.306 e. The number of carbonyl (C=O) groups is 2. The molecule has 0 aliphatic carbocycles. The Labute approximate surface area is 396 Å². The van der Waals surface area contributed by atoms with Crippen molar-refractivity contribution in [1.82, 2.24) is 0 Å². The molecule has 0 rings (SSSR count). The maximum Gasteiger partial charge on any atom is 0.306 e. The Kier molecular flexibility index (Phi) is 51.5. The molecule has 5 nitrogen and oxygen atoms in total. The zero-order valence-corrected chi connectivity index (χ0v) is 42.0. The second kappa shape index (κ2) is 54.2. The number of hydrogen-bond acceptors (Lipinski definition) is 5. The molecule has 1 unspecified atom stereocenters. The van der Waals surface area contributed by atoms with Crippen molar-refractivity contribution >= 4 is 11.9 Å². The Morgan fingerprint density at radius 1 is 0.359 bits per heavy atom. The van der Waals surface area contributed by atoms with Gasteiger partial charge in [-0.1, -0.05) is 240 Å². The number of hydrogen-bond donors (Lipinski definition) is 0. The summed E-state index contributed by atoms with van der Waals surface area (Å²) < 4.78 is 17.3. The SMILES string of the molecule is CC/C=C\C/C=C\C/C=C\C/C=C\CCCCCCC(=O)OCC(COCCCCCCCCCCCCCCCCCCCC)OC(=O)CC/C=C\C/C=C\C/C=C\C/C=C\CC. The molecule has 1 atom stereocenters. The van der Waals surface area contributed by atoms with E-state index in [2.05, 4.69) is 112 Å². The van der Waals surface area contributed by atoms with E-state index in [0.717, 1.165) is 96.3 Å². The van der Waals surface area contributed by atoms with Gasteiger partial charge in [-0.2, -0.15) is 0 Å². The summed E-state index contributed by atoms with van der Waals surface area (Å²) in [5.41, 5.74) is 0. The van der Waals surface area contributed by atoms with Crippen LogP contribution in [0.2, 0.25) is 0 Å². The molecule has 0 fully saturated rings. The van der Waals surface area contributed by atoms with Crippen LogP contribution in [0.25, 0.3) is 0 Å². The number of carbonyl (C=O) groups excluding carboxylic acids is 2. The van der Waals surface area contributed by atoms with Crippen LogP contribution in [0.5, 0.6) is 0 Å². The van der Waals surface area contributed by atoms with Crippen LogP contribution in [0.15, 0.2) is 97.2 Å². The van der Waals surface area contributed by atoms with Crippen LogP contribution in [-0.4, -0.2) is 37.9 Å². The molecule has 0 aliphatic rings. The molecule has 0 spiro atoms. The minimum atomic E-state index is -0.587. The lowest BCUT2D eigenvalue weighted by atomic mass is 10.0. The molecule has 0 saturated heterocycles. The molecule has 0 radical (unpaired) electrons. The van der Waals surface area contributed by atoms with Crippen LogP contribution < -0.4 is 0 Å². The number of allylic oxidation sites excluding steroid dienone is 16. The average Bonchev–Trinajstić information content (AvgIpc) is 3.30. The third-order valence-electron chi connectivity index (χ3n) is 11.1. The van der Waals surface area contributed by atoms with Gasteiger partial charge in [-0.05, 0) is 83.5 Å². The Balaban J connectivity index is 4.36. The lowest BCUT2D eigenvalue weighted by Gasteiger charge is -2.18. The van der Waals surface area contributed by atoms with Gasteiger partial charge in [-0.3, -0.25) is 9.59 Å². The van der Waals surface area contributed by atoms with E-state index in [9.17, 15) is 9.59 Å². The molecule has 0 saturated carbocycles. The minimum Gasteiger partial charge on any atom is -0.462 e. The van der Waals surface area contributed by atoms with Gasteiger partial charge in [0.25, 0.3) is 0 Å². The summed E-state index contributed by atoms with van der Waals surface area (Å²) in [6.45, 7) is 7.51. The van der Waals surface area contributed by atoms with Crippen LogP contribution >= 0.6 is 0 Å². The normalized spacial score (nSPS) is 13.0. The highest BCUT2D eigenvalue weighted by Gasteiger charge is 2.17. The standard InChI is InChI=1S/C59H100O5/c1-4-7-10-13-16-19-22-25-27-29-31-33-36-39-42-45-48-51-54-62-55-57(64-59(61)53-50-47-44-41-38-34-24-21-18-15-12-9-6-3)56-63-58(60)52-49-46-43-40-37-35-32-30-28-26-23-20-17-14-11-8-5-2/h8-9,11-12,17-18,20-21,26,28,32,34-35,38,44,47,57H,4-7,10,13-16,19,22-25,27,29-31,33,36-37,39-43,45-46,48-56H2,1-3H3/b11-8-,12-9-,20-17-,21-18-,28-26-,35-32-,38-34-,47-44-. The number of rotatable bonds is 48. The van der Waals surface area contributed by atoms with Gasteiger partial charge in [-0.15, -0.1) is 0 Å². The molecule has 0 amide bonds. The molecule has 366 valence electrons. The molecule has 0 aromatic carbocycles. The maximum absolute atomic E-state index is 12.8. The molecule has 0 aliphatic heterocycles. The van der Waals surface area contributed by atoms with Gasteiger partial charge in [-0.25, -0.2) is 0 Å². The minimum absolute atomic E-state index is 0.0412. The molecule has 0 aromatic rings. The summed E-state index contributed by atoms with van der Waals surface area (Å²) in [6.07, 6.45) is 73.0. The quantitative estimate of drug-likeness (QED) is 0.0346. The molecule has 0 bridgehead atoms. The highest BCUT2D eigenvalue weighted by molar-refractivity contribution is 5.70. The summed E-state index contributed by atoms with van der Waals surface area (Å²) in [5.74, 6) is -0.517. The second-order valence-corrected chi connectivity index (χ2v) is 17.4. The van der Waals surface area contributed by atoms with E-state index in [0.29, 0.717) is 25.9 Å². The molecule has 64 heavy (non-hydrogen) atoms. The molecular weight excluding hydrogens is 789 g/mol. The first-order valence-electron chi connectivity index (χ1n) is 26.8. The fraction of sp³-hybridized carbons (Fsp3) is 0.695. The van der Waals surface area contributed by atoms with Crippen molar-refractivity contribution < 1.29 is 23.8 Å². The Bertz CT molecular complexity index is 1230. The topological polar surface area (TPSA) is 61.8 Å². The highest BCUT2D eigenvalue weighted by atomic mass is 16.6. The first-order valence-corrected chi connectivity index (χ1v) is 26.8. The van der Waals surface area contributed by atoms with E-state index in [4.69, 9.17) is 14.2 Å². The first kappa shape index (κ1) is 60.8. The first-order chi connectivity index (χ1) is 31.6. The Hall–Kier alpha value is -3.18. The van der Waals surface area contributed by atoms with E-state index < -0.39 is 6.10 Å². The lowest BCUT2D eigenvalue weighted by Crippen LogP contribution is -2.30. The van der Waals surface area contributed by atoms with Crippen LogP contribution in [0.3, 0.4) is 0 Å². The van der Waals surface area contributed by atoms with Crippen LogP contribution in [-0.2, 0) is 23.8 Å². The van der Waals surface area contributed by atoms with Crippen molar-refractivity contribution in [1.29, 1.82) is 0 Å². The molecule has 0 aromatic heterocycles. The van der Waals surface area contributed by atoms with Crippen molar-refractivity contribution in [2.45, 2.75) is 245 Å². The molecule has 5 heteroatoms. The summed E-state index contributed by atoms with van der Waals surface area (Å²) in [4.78, 5) is 25.4. The summed E-state index contributed by atoms with van der Waals surface area (Å²) in [7, 11) is 0. The van der Waals surface area contributed by atoms with Gasteiger partial charge in [0, 0.05) is 19.4 Å². The van der Waals surface area contributed by atoms with E-state index in [-0.39, 0.29) is 25.2 Å². The summed E-state index contributed by atoms with van der Waals surface area (Å²) in [6, 6.07) is 0. The molecular formula is C59H100O5. The van der Waals surface area contributed by atoms with Gasteiger partial charge in [0.05, 0.1) is 6.61 Å². The third-order valence-corrected chi connectivity index (χ3v) is 11.1. The molecule has 0 heterocycles. The lowest BCUT2D eigenvalue weighted by molar-refractivity contribution is -0.162. The number of unbranched alkanes of at least 4 members (excludes halogenated alkanes) is 21. The fourth-order valence-electron chi connectivity index (χ4n) is 7.22. The predicted octanol–water partition coefficient (Wildman–Crippen LogP) is 18.2. The van der Waals surface area contributed by atoms with Gasteiger partial charge in [0.2, 0.25) is 0 Å². The highest BCUT2D eigenvalue weighted by Crippen LogP contribution is 2.15. The van der Waals surface area contributed by atoms with Crippen molar-refractivity contribution in [2.24, 2.45) is 0 Å². The van der Waals surface area contributed by atoms with Gasteiger partial charge in [0.1, 0.15) is 6.61 Å². The third kappa shape index (κ3) is 51.5. The van der Waals surface area contributed by atoms with Crippen molar-refractivity contribution in [2.75, 3.05) is 19.8 Å². The van der Waals surface area contributed by atoms with E-state index in [1.807, 2.05) is 6.08 Å². The predicted molar refractivity (Wildman–Crippen MR) is 279 cm³/mol. The summed E-state index contributed by atoms with van der Waals surface area (Å²) >= 11 is 0. The fourth-order valence-corrected chi connectivity index (χ4v) is 7.22. The van der Waals surface area contributed by atoms with Crippen LogP contribution in [0, 0.1) is 0 Å². The van der Waals surface area contributed by atoms with Crippen LogP contribution in [0.4, 0.5) is 0 Å². The second-order valence-electron chi connectivity index (χ2n) is 17.4. The van der Waals surface area contributed by atoms with Crippen molar-refractivity contribution in [3.63, 3.8) is 0 Å². The molecule has 0 N–H and O–H groups in total. The summed E-state index contributed by atoms with van der Waals surface area (Å²) in [5, 5.41) is 0.